The SMILES string of the molecule is [Cu+2].[N-]=C=S.[S-]C(=NC1CCCCC1)N/N=C(/c1ccccc1)c1ccccn1. The smallest absolute Gasteiger partial charge is 0.753 e. The quantitative estimate of drug-likeness (QED) is 0.185. The Kier molecular flexibility index (Phi) is 12.1. The maximum absolute atomic E-state index is 7.13. The first-order valence-electron chi connectivity index (χ1n) is 8.81. The van der Waals surface area contributed by atoms with Crippen LogP contribution in [0.4, 0.5) is 0 Å². The van der Waals surface area contributed by atoms with Crippen molar-refractivity contribution in [2.45, 2.75) is 38.1 Å². The second-order valence-electron chi connectivity index (χ2n) is 5.97. The van der Waals surface area contributed by atoms with Gasteiger partial charge in [-0.3, -0.25) is 15.4 Å². The van der Waals surface area contributed by atoms with Gasteiger partial charge in [0.05, 0.1) is 5.69 Å². The van der Waals surface area contributed by atoms with Crippen molar-refractivity contribution < 1.29 is 17.1 Å². The summed E-state index contributed by atoms with van der Waals surface area (Å²) in [5.41, 5.74) is 5.49. The molecule has 2 aromatic rings. The van der Waals surface area contributed by atoms with Gasteiger partial charge in [0.25, 0.3) is 0 Å². The van der Waals surface area contributed by atoms with E-state index in [0.717, 1.165) is 29.8 Å². The van der Waals surface area contributed by atoms with E-state index in [0.29, 0.717) is 11.2 Å². The van der Waals surface area contributed by atoms with Gasteiger partial charge in [-0.05, 0) is 30.1 Å². The number of aromatic nitrogens is 1. The number of thiocarbonyl (C=S) groups is 1. The van der Waals surface area contributed by atoms with E-state index in [1.54, 1.807) is 6.20 Å². The normalized spacial score (nSPS) is 14.7. The van der Waals surface area contributed by atoms with Crippen LogP contribution in [0.15, 0.2) is 64.8 Å². The van der Waals surface area contributed by atoms with E-state index in [-0.39, 0.29) is 17.1 Å². The van der Waals surface area contributed by atoms with Crippen LogP contribution in [0.3, 0.4) is 0 Å². The molecule has 1 aromatic heterocycles. The van der Waals surface area contributed by atoms with E-state index >= 15 is 0 Å². The van der Waals surface area contributed by atoms with Gasteiger partial charge in [0, 0.05) is 17.8 Å². The summed E-state index contributed by atoms with van der Waals surface area (Å²) in [6, 6.07) is 16.1. The van der Waals surface area contributed by atoms with Gasteiger partial charge in [-0.25, -0.2) is 0 Å². The molecule has 1 radical (unpaired) electrons. The average Bonchev–Trinajstić information content (AvgIpc) is 2.71. The molecule has 1 N–H and O–H groups in total. The standard InChI is InChI=1S/C19H22N4S.CNS.Cu/c24-19(21-16-11-5-2-6-12-16)23-22-18(15-9-3-1-4-10-15)17-13-7-8-14-20-17;2-1-3;/h1,3-4,7-10,13-14,16H,2,5-6,11-12H2,(H2,21,23,24);;/q;-1;+2/p-1/b22-18-;;. The molecule has 0 unspecified atom stereocenters. The van der Waals surface area contributed by atoms with Crippen molar-refractivity contribution in [1.82, 2.24) is 10.4 Å². The molecule has 149 valence electrons. The zero-order chi connectivity index (χ0) is 19.3. The summed E-state index contributed by atoms with van der Waals surface area (Å²) in [4.78, 5) is 8.99. The molecule has 3 rings (SSSR count). The molecule has 0 aliphatic heterocycles. The van der Waals surface area contributed by atoms with Crippen LogP contribution in [0.25, 0.3) is 5.41 Å². The number of aliphatic imine (C=N–C) groups is 1. The predicted molar refractivity (Wildman–Crippen MR) is 117 cm³/mol. The zero-order valence-corrected chi connectivity index (χ0v) is 17.8. The van der Waals surface area contributed by atoms with Crippen molar-refractivity contribution >= 4 is 40.9 Å². The second-order valence-corrected chi connectivity index (χ2v) is 6.54. The van der Waals surface area contributed by atoms with Crippen molar-refractivity contribution in [1.29, 1.82) is 0 Å². The van der Waals surface area contributed by atoms with Crippen molar-refractivity contribution in [3.8, 4) is 0 Å². The molecule has 0 bridgehead atoms. The molecule has 0 spiro atoms. The van der Waals surface area contributed by atoms with Gasteiger partial charge < -0.3 is 18.0 Å². The molecular formula is C20H21CuN5S2. The second kappa shape index (κ2) is 14.1. The Balaban J connectivity index is 0.000000921. The number of nitrogens with zero attached hydrogens (tertiary/aromatic N) is 4. The van der Waals surface area contributed by atoms with Crippen molar-refractivity contribution in [3.63, 3.8) is 0 Å². The fourth-order valence-electron chi connectivity index (χ4n) is 2.88. The minimum atomic E-state index is 0. The van der Waals surface area contributed by atoms with Gasteiger partial charge in [0.15, 0.2) is 0 Å². The predicted octanol–water partition coefficient (Wildman–Crippen LogP) is 4.32. The molecule has 28 heavy (non-hydrogen) atoms. The zero-order valence-electron chi connectivity index (χ0n) is 15.2. The van der Waals surface area contributed by atoms with E-state index in [2.05, 4.69) is 32.7 Å². The van der Waals surface area contributed by atoms with Crippen LogP contribution >= 0.6 is 12.2 Å². The Hall–Kier alpha value is -1.95. The summed E-state index contributed by atoms with van der Waals surface area (Å²) >= 11 is 9.05. The number of hydrazone groups is 1. The Bertz CT molecular complexity index is 743. The van der Waals surface area contributed by atoms with Gasteiger partial charge in [0.2, 0.25) is 0 Å². The molecule has 8 heteroatoms. The molecule has 1 heterocycles. The maximum Gasteiger partial charge on any atom is 2.00 e. The summed E-state index contributed by atoms with van der Waals surface area (Å²) in [5.74, 6) is 0. The number of hydrogen-bond donors (Lipinski definition) is 1. The first kappa shape index (κ1) is 24.1. The van der Waals surface area contributed by atoms with Crippen molar-refractivity contribution in [3.05, 3.63) is 71.4 Å². The Labute approximate surface area is 187 Å². The van der Waals surface area contributed by atoms with E-state index in [9.17, 15) is 0 Å². The fourth-order valence-corrected chi connectivity index (χ4v) is 3.07. The number of rotatable bonds is 4. The third-order valence-electron chi connectivity index (χ3n) is 4.09. The van der Waals surface area contributed by atoms with Crippen molar-refractivity contribution in [2.75, 3.05) is 0 Å². The molecule has 5 nitrogen and oxygen atoms in total. The third-order valence-corrected chi connectivity index (χ3v) is 4.29. The van der Waals surface area contributed by atoms with Gasteiger partial charge in [-0.1, -0.05) is 67.9 Å². The van der Waals surface area contributed by atoms with Gasteiger partial charge in [0.1, 0.15) is 5.71 Å². The molecule has 0 amide bonds. The van der Waals surface area contributed by atoms with Gasteiger partial charge in [-0.2, -0.15) is 10.3 Å². The number of nitrogens with one attached hydrogen (secondary N) is 1. The molecule has 1 aromatic carbocycles. The number of hydrogen-bond acceptors (Lipinski definition) is 5. The summed E-state index contributed by atoms with van der Waals surface area (Å²) in [6.45, 7) is 0. The van der Waals surface area contributed by atoms with E-state index in [1.165, 1.54) is 24.4 Å². The molecule has 1 saturated carbocycles. The molecule has 0 saturated heterocycles. The van der Waals surface area contributed by atoms with Gasteiger partial charge >= 0.3 is 17.1 Å². The number of amidine groups is 1. The Morgan fingerprint density at radius 2 is 1.75 bits per heavy atom. The first-order chi connectivity index (χ1) is 13.2. The van der Waals surface area contributed by atoms with Gasteiger partial charge in [-0.15, -0.1) is 0 Å². The van der Waals surface area contributed by atoms with Crippen LogP contribution < -0.4 is 5.43 Å². The summed E-state index contributed by atoms with van der Waals surface area (Å²) in [7, 11) is 0. The van der Waals surface area contributed by atoms with Crippen LogP contribution in [0, 0.1) is 0 Å². The molecule has 0 atom stereocenters. The monoisotopic (exact) mass is 458 g/mol. The summed E-state index contributed by atoms with van der Waals surface area (Å²) < 4.78 is 0. The van der Waals surface area contributed by atoms with E-state index in [4.69, 9.17) is 18.0 Å². The fraction of sp³-hybridized carbons (Fsp3) is 0.300. The van der Waals surface area contributed by atoms with Crippen LogP contribution in [0.2, 0.25) is 0 Å². The largest absolute Gasteiger partial charge is 2.00 e. The van der Waals surface area contributed by atoms with E-state index < -0.39 is 0 Å². The molecular weight excluding hydrogens is 438 g/mol. The summed E-state index contributed by atoms with van der Waals surface area (Å²) in [5, 5.41) is 13.4. The van der Waals surface area contributed by atoms with E-state index in [1.807, 2.05) is 48.5 Å². The van der Waals surface area contributed by atoms with Crippen LogP contribution in [-0.4, -0.2) is 27.1 Å². The average molecular weight is 459 g/mol. The number of benzene rings is 1. The van der Waals surface area contributed by atoms with Crippen LogP contribution in [-0.2, 0) is 29.7 Å². The van der Waals surface area contributed by atoms with Crippen LogP contribution in [0.5, 0.6) is 0 Å². The minimum absolute atomic E-state index is 0. The molecule has 1 fully saturated rings. The number of isothiocyanates is 1. The van der Waals surface area contributed by atoms with Crippen molar-refractivity contribution in [2.24, 2.45) is 10.1 Å². The van der Waals surface area contributed by atoms with Crippen LogP contribution in [0.1, 0.15) is 43.4 Å². The minimum Gasteiger partial charge on any atom is -0.753 e. The first-order valence-corrected chi connectivity index (χ1v) is 9.63. The summed E-state index contributed by atoms with van der Waals surface area (Å²) in [6.07, 6.45) is 7.79. The number of pyridine rings is 1. The molecule has 1 aliphatic carbocycles. The Morgan fingerprint density at radius 3 is 2.36 bits per heavy atom. The maximum atomic E-state index is 7.13. The topological polar surface area (TPSA) is 71.9 Å². The third kappa shape index (κ3) is 8.38. The Morgan fingerprint density at radius 1 is 1.11 bits per heavy atom. The molecule has 1 aliphatic rings.